The average Bonchev–Trinajstić information content (AvgIpc) is 3.39. The van der Waals surface area contributed by atoms with E-state index in [1.54, 1.807) is 0 Å². The highest BCUT2D eigenvalue weighted by atomic mass is 16.6. The molecule has 5 rings (SSSR count). The number of carbonyl (C=O) groups excluding carboxylic acids is 1. The van der Waals surface area contributed by atoms with Crippen molar-refractivity contribution in [2.45, 2.75) is 31.8 Å². The van der Waals surface area contributed by atoms with Crippen molar-refractivity contribution in [1.82, 2.24) is 9.88 Å². The summed E-state index contributed by atoms with van der Waals surface area (Å²) in [5.74, 6) is 1.79. The van der Waals surface area contributed by atoms with E-state index in [9.17, 15) is 4.79 Å². The number of hydrogen-bond acceptors (Lipinski definition) is 4. The Bertz CT molecular complexity index is 1030. The molecule has 3 heterocycles. The maximum Gasteiger partial charge on any atom is 0.181 e. The van der Waals surface area contributed by atoms with Gasteiger partial charge in [0.1, 0.15) is 13.2 Å². The quantitative estimate of drug-likeness (QED) is 0.688. The Kier molecular flexibility index (Phi) is 4.32. The predicted molar refractivity (Wildman–Crippen MR) is 108 cm³/mol. The zero-order valence-electron chi connectivity index (χ0n) is 16.0. The maximum absolute atomic E-state index is 13.3. The highest BCUT2D eigenvalue weighted by Crippen LogP contribution is 2.39. The molecule has 0 spiro atoms. The lowest BCUT2D eigenvalue weighted by atomic mass is 9.99. The molecule has 0 unspecified atom stereocenters. The molecule has 1 N–H and O–H groups in total. The summed E-state index contributed by atoms with van der Waals surface area (Å²) in [5, 5.41) is 0.995. The van der Waals surface area contributed by atoms with Gasteiger partial charge in [-0.15, -0.1) is 0 Å². The van der Waals surface area contributed by atoms with Crippen LogP contribution in [0.2, 0.25) is 0 Å². The van der Waals surface area contributed by atoms with Crippen LogP contribution in [0.1, 0.15) is 41.7 Å². The molecular formula is C23H24N2O3. The Balaban J connectivity index is 1.42. The van der Waals surface area contributed by atoms with E-state index in [1.165, 1.54) is 5.56 Å². The first kappa shape index (κ1) is 17.3. The van der Waals surface area contributed by atoms with Crippen LogP contribution in [0.4, 0.5) is 0 Å². The van der Waals surface area contributed by atoms with E-state index in [2.05, 4.69) is 22.0 Å². The van der Waals surface area contributed by atoms with Gasteiger partial charge in [-0.05, 0) is 50.1 Å². The van der Waals surface area contributed by atoms with Gasteiger partial charge >= 0.3 is 0 Å². The van der Waals surface area contributed by atoms with Crippen LogP contribution in [0.3, 0.4) is 0 Å². The van der Waals surface area contributed by atoms with E-state index < -0.39 is 0 Å². The molecule has 2 aliphatic rings. The van der Waals surface area contributed by atoms with E-state index in [-0.39, 0.29) is 17.9 Å². The van der Waals surface area contributed by atoms with Crippen LogP contribution < -0.4 is 9.47 Å². The second-order valence-corrected chi connectivity index (χ2v) is 7.59. The van der Waals surface area contributed by atoms with E-state index in [1.807, 2.05) is 43.5 Å². The largest absolute Gasteiger partial charge is 0.486 e. The third-order valence-electron chi connectivity index (χ3n) is 5.98. The Hall–Kier alpha value is -2.79. The number of likely N-dealkylation sites (tertiary alicyclic amines) is 1. The number of nitrogens with zero attached hydrogens (tertiary/aromatic N) is 1. The van der Waals surface area contributed by atoms with Crippen molar-refractivity contribution in [1.29, 1.82) is 0 Å². The van der Waals surface area contributed by atoms with Crippen molar-refractivity contribution in [2.24, 2.45) is 0 Å². The molecule has 28 heavy (non-hydrogen) atoms. The number of carbonyl (C=O) groups is 1. The van der Waals surface area contributed by atoms with Gasteiger partial charge in [0.2, 0.25) is 0 Å². The second-order valence-electron chi connectivity index (χ2n) is 7.59. The molecule has 1 saturated heterocycles. The first-order valence-corrected chi connectivity index (χ1v) is 9.98. The molecule has 0 saturated carbocycles. The van der Waals surface area contributed by atoms with E-state index in [0.717, 1.165) is 47.4 Å². The van der Waals surface area contributed by atoms with Crippen LogP contribution in [0.15, 0.2) is 48.7 Å². The molecule has 1 fully saturated rings. The summed E-state index contributed by atoms with van der Waals surface area (Å²) in [5.41, 5.74) is 2.97. The summed E-state index contributed by atoms with van der Waals surface area (Å²) in [6.45, 7) is 4.13. The number of para-hydroxylation sites is 1. The fraction of sp³-hybridized carbons (Fsp3) is 0.348. The fourth-order valence-corrected chi connectivity index (χ4v) is 4.53. The first-order valence-electron chi connectivity index (χ1n) is 9.98. The average molecular weight is 376 g/mol. The number of ether oxygens (including phenoxy) is 2. The summed E-state index contributed by atoms with van der Waals surface area (Å²) in [4.78, 5) is 18.9. The van der Waals surface area contributed by atoms with E-state index in [0.29, 0.717) is 13.2 Å². The monoisotopic (exact) mass is 376 g/mol. The molecule has 0 aliphatic carbocycles. The molecule has 1 aromatic heterocycles. The van der Waals surface area contributed by atoms with Crippen LogP contribution in [-0.4, -0.2) is 41.5 Å². The van der Waals surface area contributed by atoms with E-state index >= 15 is 0 Å². The van der Waals surface area contributed by atoms with Gasteiger partial charge in [-0.25, -0.2) is 0 Å². The minimum Gasteiger partial charge on any atom is -0.486 e. The number of aromatic nitrogens is 1. The number of nitrogens with one attached hydrogen (secondary N) is 1. The van der Waals surface area contributed by atoms with Crippen LogP contribution in [-0.2, 0) is 0 Å². The van der Waals surface area contributed by atoms with Crippen LogP contribution in [0.25, 0.3) is 10.9 Å². The Morgan fingerprint density at radius 3 is 2.86 bits per heavy atom. The van der Waals surface area contributed by atoms with Crippen molar-refractivity contribution in [3.8, 4) is 11.5 Å². The maximum atomic E-state index is 13.3. The number of ketones is 1. The number of aromatic amines is 1. The SMILES string of the molecule is C[C@@H](C(=O)c1c[nH]c2ccccc12)N1CCC[C@H]1c1ccc2c(c1)OCCO2. The van der Waals surface area contributed by atoms with Crippen LogP contribution in [0, 0.1) is 0 Å². The number of Topliss-reactive ketones (excluding diaryl/α,β-unsaturated/α-hetero) is 1. The van der Waals surface area contributed by atoms with Crippen molar-refractivity contribution >= 4 is 16.7 Å². The van der Waals surface area contributed by atoms with Crippen molar-refractivity contribution < 1.29 is 14.3 Å². The topological polar surface area (TPSA) is 54.6 Å². The highest BCUT2D eigenvalue weighted by Gasteiger charge is 2.34. The number of rotatable bonds is 4. The molecule has 2 atom stereocenters. The lowest BCUT2D eigenvalue weighted by Gasteiger charge is -2.30. The Labute approximate surface area is 164 Å². The third-order valence-corrected chi connectivity index (χ3v) is 5.98. The molecule has 144 valence electrons. The number of benzene rings is 2. The first-order chi connectivity index (χ1) is 13.7. The van der Waals surface area contributed by atoms with E-state index in [4.69, 9.17) is 9.47 Å². The molecule has 3 aromatic rings. The van der Waals surface area contributed by atoms with Gasteiger partial charge in [0.15, 0.2) is 17.3 Å². The van der Waals surface area contributed by atoms with Gasteiger partial charge < -0.3 is 14.5 Å². The summed E-state index contributed by atoms with van der Waals surface area (Å²) in [6, 6.07) is 14.2. The number of H-pyrrole nitrogens is 1. The summed E-state index contributed by atoms with van der Waals surface area (Å²) in [6.07, 6.45) is 3.98. The van der Waals surface area contributed by atoms with Crippen molar-refractivity contribution in [3.63, 3.8) is 0 Å². The second kappa shape index (κ2) is 6.99. The standard InChI is InChI=1S/C23H24N2O3/c1-15(23(26)18-14-24-19-6-3-2-5-17(18)19)25-10-4-7-20(25)16-8-9-21-22(13-16)28-12-11-27-21/h2-3,5-6,8-9,13-15,20,24H,4,7,10-12H2,1H3/t15-,20-/m0/s1. The Morgan fingerprint density at radius 1 is 1.14 bits per heavy atom. The molecule has 0 bridgehead atoms. The zero-order chi connectivity index (χ0) is 19.1. The number of hydrogen-bond donors (Lipinski definition) is 1. The molecule has 0 amide bonds. The lowest BCUT2D eigenvalue weighted by molar-refractivity contribution is 0.0821. The minimum absolute atomic E-state index is 0.168. The molecule has 2 aliphatic heterocycles. The molecular weight excluding hydrogens is 352 g/mol. The number of fused-ring (bicyclic) bond motifs is 2. The highest BCUT2D eigenvalue weighted by molar-refractivity contribution is 6.10. The minimum atomic E-state index is -0.181. The molecule has 5 nitrogen and oxygen atoms in total. The van der Waals surface area contributed by atoms with Gasteiger partial charge in [-0.1, -0.05) is 24.3 Å². The van der Waals surface area contributed by atoms with Gasteiger partial charge in [0, 0.05) is 28.7 Å². The molecule has 5 heteroatoms. The van der Waals surface area contributed by atoms with Crippen LogP contribution >= 0.6 is 0 Å². The summed E-state index contributed by atoms with van der Waals surface area (Å²) >= 11 is 0. The van der Waals surface area contributed by atoms with Crippen LogP contribution in [0.5, 0.6) is 11.5 Å². The summed E-state index contributed by atoms with van der Waals surface area (Å²) < 4.78 is 11.4. The predicted octanol–water partition coefficient (Wildman–Crippen LogP) is 4.35. The van der Waals surface area contributed by atoms with Crippen molar-refractivity contribution in [2.75, 3.05) is 19.8 Å². The smallest absolute Gasteiger partial charge is 0.181 e. The van der Waals surface area contributed by atoms with Gasteiger partial charge in [-0.2, -0.15) is 0 Å². The zero-order valence-corrected chi connectivity index (χ0v) is 16.0. The third kappa shape index (κ3) is 2.87. The Morgan fingerprint density at radius 2 is 1.96 bits per heavy atom. The van der Waals surface area contributed by atoms with Crippen molar-refractivity contribution in [3.05, 3.63) is 59.8 Å². The van der Waals surface area contributed by atoms with Gasteiger partial charge in [0.25, 0.3) is 0 Å². The fourth-order valence-electron chi connectivity index (χ4n) is 4.53. The molecule has 2 aromatic carbocycles. The summed E-state index contributed by atoms with van der Waals surface area (Å²) in [7, 11) is 0. The van der Waals surface area contributed by atoms with Gasteiger partial charge in [-0.3, -0.25) is 9.69 Å². The van der Waals surface area contributed by atoms with Gasteiger partial charge in [0.05, 0.1) is 6.04 Å². The molecule has 0 radical (unpaired) electrons. The lowest BCUT2D eigenvalue weighted by Crippen LogP contribution is -2.38. The normalized spacial score (nSPS) is 20.4.